The van der Waals surface area contributed by atoms with E-state index in [1.54, 1.807) is 0 Å². The van der Waals surface area contributed by atoms with Crippen LogP contribution in [0.2, 0.25) is 0 Å². The Hall–Kier alpha value is -1.59. The number of hydrogen-bond donors (Lipinski definition) is 3. The van der Waals surface area contributed by atoms with Crippen molar-refractivity contribution < 1.29 is 19.5 Å². The van der Waals surface area contributed by atoms with E-state index in [-0.39, 0.29) is 24.3 Å². The Morgan fingerprint density at radius 1 is 1.15 bits per heavy atom. The van der Waals surface area contributed by atoms with Crippen molar-refractivity contribution in [2.75, 3.05) is 13.1 Å². The summed E-state index contributed by atoms with van der Waals surface area (Å²) in [5.41, 5.74) is 0. The largest absolute Gasteiger partial charge is 0.481 e. The van der Waals surface area contributed by atoms with E-state index in [0.717, 1.165) is 0 Å². The van der Waals surface area contributed by atoms with Crippen molar-refractivity contribution in [3.05, 3.63) is 0 Å². The predicted octanol–water partition coefficient (Wildman–Crippen LogP) is 0.622. The molecule has 3 unspecified atom stereocenters. The van der Waals surface area contributed by atoms with Gasteiger partial charge in [-0.3, -0.25) is 14.4 Å². The van der Waals surface area contributed by atoms with Gasteiger partial charge in [0.25, 0.3) is 0 Å². The summed E-state index contributed by atoms with van der Waals surface area (Å²) in [7, 11) is 0. The van der Waals surface area contributed by atoms with Crippen molar-refractivity contribution in [2.45, 2.75) is 33.6 Å². The molecule has 0 spiro atoms. The van der Waals surface area contributed by atoms with Gasteiger partial charge >= 0.3 is 5.97 Å². The van der Waals surface area contributed by atoms with E-state index in [2.05, 4.69) is 10.6 Å². The second-order valence-corrected chi connectivity index (χ2v) is 6.04. The van der Waals surface area contributed by atoms with Crippen LogP contribution in [0.3, 0.4) is 0 Å². The molecule has 2 amide bonds. The molecule has 0 aromatic carbocycles. The number of carbonyl (C=O) groups excluding carboxylic acids is 2. The highest BCUT2D eigenvalue weighted by Gasteiger charge is 2.41. The van der Waals surface area contributed by atoms with Gasteiger partial charge in [-0.1, -0.05) is 20.8 Å². The highest BCUT2D eigenvalue weighted by Crippen LogP contribution is 2.36. The lowest BCUT2D eigenvalue weighted by Crippen LogP contribution is -2.42. The Bertz CT molecular complexity index is 381. The number of rotatable bonds is 6. The molecule has 3 atom stereocenters. The van der Waals surface area contributed by atoms with E-state index in [1.165, 1.54) is 0 Å². The van der Waals surface area contributed by atoms with Crippen molar-refractivity contribution >= 4 is 17.8 Å². The van der Waals surface area contributed by atoms with E-state index in [0.29, 0.717) is 25.3 Å². The normalized spacial score (nSPS) is 25.5. The van der Waals surface area contributed by atoms with E-state index < -0.39 is 17.8 Å². The first kappa shape index (κ1) is 16.5. The maximum atomic E-state index is 12.0. The summed E-state index contributed by atoms with van der Waals surface area (Å²) >= 11 is 0. The van der Waals surface area contributed by atoms with Gasteiger partial charge in [0.1, 0.15) is 0 Å². The zero-order valence-corrected chi connectivity index (χ0v) is 12.3. The minimum atomic E-state index is -0.932. The molecule has 0 saturated heterocycles. The number of aliphatic carboxylic acids is 1. The fourth-order valence-corrected chi connectivity index (χ4v) is 2.53. The van der Waals surface area contributed by atoms with Crippen LogP contribution >= 0.6 is 0 Å². The smallest absolute Gasteiger partial charge is 0.307 e. The van der Waals surface area contributed by atoms with Gasteiger partial charge in [-0.05, 0) is 24.7 Å². The first-order valence-electron chi connectivity index (χ1n) is 7.08. The third kappa shape index (κ3) is 4.83. The molecule has 6 heteroatoms. The standard InChI is InChI=1S/C14H24N2O4/c1-8(2)6-15-12(17)7-16-13(18)10-4-9(3)5-11(10)14(19)20/h8-11H,4-7H2,1-3H3,(H,15,17)(H,16,18)(H,19,20). The first-order chi connectivity index (χ1) is 9.31. The van der Waals surface area contributed by atoms with Gasteiger partial charge in [-0.15, -0.1) is 0 Å². The Morgan fingerprint density at radius 2 is 1.75 bits per heavy atom. The topological polar surface area (TPSA) is 95.5 Å². The lowest BCUT2D eigenvalue weighted by molar-refractivity contribution is -0.146. The number of carbonyl (C=O) groups is 3. The number of carboxylic acids is 1. The third-order valence-corrected chi connectivity index (χ3v) is 3.58. The van der Waals surface area contributed by atoms with Crippen LogP contribution in [0.1, 0.15) is 33.6 Å². The third-order valence-electron chi connectivity index (χ3n) is 3.58. The number of carboxylic acid groups (broad SMARTS) is 1. The Kier molecular flexibility index (Phi) is 5.98. The summed E-state index contributed by atoms with van der Waals surface area (Å²) in [5, 5.41) is 14.4. The van der Waals surface area contributed by atoms with Gasteiger partial charge in [-0.25, -0.2) is 0 Å². The summed E-state index contributed by atoms with van der Waals surface area (Å²) in [5.74, 6) is -2.10. The summed E-state index contributed by atoms with van der Waals surface area (Å²) in [6, 6.07) is 0. The quantitative estimate of drug-likeness (QED) is 0.666. The first-order valence-corrected chi connectivity index (χ1v) is 7.08. The van der Waals surface area contributed by atoms with Crippen LogP contribution < -0.4 is 10.6 Å². The number of amides is 2. The molecule has 0 aliphatic heterocycles. The maximum Gasteiger partial charge on any atom is 0.307 e. The van der Waals surface area contributed by atoms with Gasteiger partial charge in [0.2, 0.25) is 11.8 Å². The predicted molar refractivity (Wildman–Crippen MR) is 73.9 cm³/mol. The van der Waals surface area contributed by atoms with Gasteiger partial charge < -0.3 is 15.7 Å². The molecule has 3 N–H and O–H groups in total. The Labute approximate surface area is 119 Å². The highest BCUT2D eigenvalue weighted by molar-refractivity contribution is 5.88. The molecule has 0 radical (unpaired) electrons. The van der Waals surface area contributed by atoms with Crippen LogP contribution in [0.15, 0.2) is 0 Å². The average molecular weight is 284 g/mol. The minimum absolute atomic E-state index is 0.0945. The zero-order valence-electron chi connectivity index (χ0n) is 12.3. The molecular formula is C14H24N2O4. The molecule has 6 nitrogen and oxygen atoms in total. The monoisotopic (exact) mass is 284 g/mol. The maximum absolute atomic E-state index is 12.0. The van der Waals surface area contributed by atoms with E-state index in [4.69, 9.17) is 5.11 Å². The fourth-order valence-electron chi connectivity index (χ4n) is 2.53. The van der Waals surface area contributed by atoms with Crippen molar-refractivity contribution in [1.82, 2.24) is 10.6 Å². The van der Waals surface area contributed by atoms with Gasteiger partial charge in [0.05, 0.1) is 18.4 Å². The molecular weight excluding hydrogens is 260 g/mol. The molecule has 1 aliphatic carbocycles. The second kappa shape index (κ2) is 7.26. The summed E-state index contributed by atoms with van der Waals surface area (Å²) in [6.07, 6.45) is 1.09. The fraction of sp³-hybridized carbons (Fsp3) is 0.786. The number of nitrogens with one attached hydrogen (secondary N) is 2. The van der Waals surface area contributed by atoms with Crippen molar-refractivity contribution in [3.63, 3.8) is 0 Å². The molecule has 1 saturated carbocycles. The average Bonchev–Trinajstić information content (AvgIpc) is 2.75. The molecule has 1 aliphatic rings. The van der Waals surface area contributed by atoms with Crippen LogP contribution in [0.25, 0.3) is 0 Å². The molecule has 0 heterocycles. The molecule has 1 fully saturated rings. The van der Waals surface area contributed by atoms with Crippen LogP contribution in [0.5, 0.6) is 0 Å². The van der Waals surface area contributed by atoms with E-state index in [1.807, 2.05) is 20.8 Å². The highest BCUT2D eigenvalue weighted by atomic mass is 16.4. The molecule has 0 bridgehead atoms. The van der Waals surface area contributed by atoms with Crippen LogP contribution in [0.4, 0.5) is 0 Å². The minimum Gasteiger partial charge on any atom is -0.481 e. The van der Waals surface area contributed by atoms with Crippen LogP contribution in [-0.2, 0) is 14.4 Å². The Balaban J connectivity index is 2.42. The molecule has 114 valence electrons. The van der Waals surface area contributed by atoms with Gasteiger partial charge in [-0.2, -0.15) is 0 Å². The molecule has 1 rings (SSSR count). The van der Waals surface area contributed by atoms with E-state index in [9.17, 15) is 14.4 Å². The van der Waals surface area contributed by atoms with Crippen LogP contribution in [-0.4, -0.2) is 36.0 Å². The Morgan fingerprint density at radius 3 is 2.30 bits per heavy atom. The lowest BCUT2D eigenvalue weighted by Gasteiger charge is -2.15. The molecule has 0 aromatic heterocycles. The van der Waals surface area contributed by atoms with Crippen molar-refractivity contribution in [3.8, 4) is 0 Å². The number of hydrogen-bond acceptors (Lipinski definition) is 3. The summed E-state index contributed by atoms with van der Waals surface area (Å²) < 4.78 is 0. The summed E-state index contributed by atoms with van der Waals surface area (Å²) in [4.78, 5) is 34.6. The van der Waals surface area contributed by atoms with Crippen molar-refractivity contribution in [2.24, 2.45) is 23.7 Å². The van der Waals surface area contributed by atoms with Gasteiger partial charge in [0.15, 0.2) is 0 Å². The van der Waals surface area contributed by atoms with Crippen molar-refractivity contribution in [1.29, 1.82) is 0 Å². The molecule has 0 aromatic rings. The second-order valence-electron chi connectivity index (χ2n) is 6.04. The van der Waals surface area contributed by atoms with Crippen LogP contribution in [0, 0.1) is 23.7 Å². The lowest BCUT2D eigenvalue weighted by atomic mass is 9.95. The van der Waals surface area contributed by atoms with Gasteiger partial charge in [0, 0.05) is 6.54 Å². The SMILES string of the molecule is CC(C)CNC(=O)CNC(=O)C1CC(C)CC1C(=O)O. The molecule has 20 heavy (non-hydrogen) atoms. The zero-order chi connectivity index (χ0) is 15.3. The van der Waals surface area contributed by atoms with E-state index >= 15 is 0 Å². The summed E-state index contributed by atoms with van der Waals surface area (Å²) in [6.45, 7) is 6.38.